The molecule has 1 saturated heterocycles. The third kappa shape index (κ3) is 4.89. The van der Waals surface area contributed by atoms with Crippen molar-refractivity contribution in [3.05, 3.63) is 0 Å². The molecule has 0 amide bonds. The molecule has 1 aliphatic heterocycles. The summed E-state index contributed by atoms with van der Waals surface area (Å²) in [6, 6.07) is 0. The zero-order chi connectivity index (χ0) is 8.65. The van der Waals surface area contributed by atoms with Gasteiger partial charge in [-0.2, -0.15) is 0 Å². The van der Waals surface area contributed by atoms with Crippen molar-refractivity contribution in [1.82, 2.24) is 0 Å². The first-order valence-electron chi connectivity index (χ1n) is 4.41. The van der Waals surface area contributed by atoms with Crippen molar-refractivity contribution < 1.29 is 8.92 Å². The Morgan fingerprint density at radius 3 is 2.83 bits per heavy atom. The quantitative estimate of drug-likeness (QED) is 0.441. The fraction of sp³-hybridized carbons (Fsp3) is 1.00. The van der Waals surface area contributed by atoms with E-state index in [1.807, 2.05) is 0 Å². The SMILES string of the molecule is ISOCCCC1CCOCC1. The van der Waals surface area contributed by atoms with E-state index >= 15 is 0 Å². The standard InChI is InChI=1S/C8H15IO2S/c9-12-11-5-1-2-8-3-6-10-7-4-8/h8H,1-7H2. The highest BCUT2D eigenvalue weighted by atomic mass is 127. The van der Waals surface area contributed by atoms with Gasteiger partial charge >= 0.3 is 0 Å². The summed E-state index contributed by atoms with van der Waals surface area (Å²) in [5.41, 5.74) is 0. The fourth-order valence-corrected chi connectivity index (χ4v) is 2.22. The summed E-state index contributed by atoms with van der Waals surface area (Å²) in [5, 5.41) is 0. The third-order valence-corrected chi connectivity index (χ3v) is 3.24. The highest BCUT2D eigenvalue weighted by Crippen LogP contribution is 2.21. The van der Waals surface area contributed by atoms with Gasteiger partial charge in [0.1, 0.15) is 0 Å². The van der Waals surface area contributed by atoms with Crippen LogP contribution in [-0.4, -0.2) is 19.8 Å². The highest BCUT2D eigenvalue weighted by Gasteiger charge is 2.12. The first kappa shape index (κ1) is 11.1. The Morgan fingerprint density at radius 1 is 1.42 bits per heavy atom. The molecule has 0 bridgehead atoms. The lowest BCUT2D eigenvalue weighted by molar-refractivity contribution is 0.0623. The molecular formula is C8H15IO2S. The summed E-state index contributed by atoms with van der Waals surface area (Å²) in [6.45, 7) is 2.82. The number of hydrogen-bond donors (Lipinski definition) is 0. The van der Waals surface area contributed by atoms with Crippen LogP contribution in [0, 0.1) is 5.92 Å². The minimum atomic E-state index is 0.890. The Labute approximate surface area is 90.6 Å². The van der Waals surface area contributed by atoms with E-state index in [9.17, 15) is 0 Å². The van der Waals surface area contributed by atoms with Gasteiger partial charge in [0.25, 0.3) is 0 Å². The van der Waals surface area contributed by atoms with Gasteiger partial charge in [-0.3, -0.25) is 0 Å². The predicted molar refractivity (Wildman–Crippen MR) is 60.3 cm³/mol. The smallest absolute Gasteiger partial charge is 0.0650 e. The highest BCUT2D eigenvalue weighted by molar-refractivity contribution is 14.2. The molecule has 1 fully saturated rings. The summed E-state index contributed by atoms with van der Waals surface area (Å²) in [7, 11) is 1.43. The van der Waals surface area contributed by atoms with Crippen LogP contribution < -0.4 is 0 Å². The van der Waals surface area contributed by atoms with Crippen LogP contribution in [0.5, 0.6) is 0 Å². The van der Waals surface area contributed by atoms with E-state index in [-0.39, 0.29) is 0 Å². The van der Waals surface area contributed by atoms with Gasteiger partial charge in [-0.1, -0.05) is 0 Å². The molecule has 1 rings (SSSR count). The Hall–Kier alpha value is 1.00. The lowest BCUT2D eigenvalue weighted by atomic mass is 9.95. The second-order valence-corrected chi connectivity index (χ2v) is 4.52. The van der Waals surface area contributed by atoms with Crippen LogP contribution >= 0.6 is 30.4 Å². The summed E-state index contributed by atoms with van der Waals surface area (Å²) in [6.07, 6.45) is 5.00. The monoisotopic (exact) mass is 302 g/mol. The predicted octanol–water partition coefficient (Wildman–Crippen LogP) is 3.21. The summed E-state index contributed by atoms with van der Waals surface area (Å²) >= 11 is 2.16. The van der Waals surface area contributed by atoms with E-state index in [4.69, 9.17) is 8.92 Å². The zero-order valence-corrected chi connectivity index (χ0v) is 10.1. The molecule has 0 spiro atoms. The van der Waals surface area contributed by atoms with Gasteiger partial charge in [-0.15, -0.1) is 0 Å². The normalized spacial score (nSPS) is 19.8. The molecule has 0 aromatic rings. The molecule has 0 N–H and O–H groups in total. The molecule has 0 aliphatic carbocycles. The van der Waals surface area contributed by atoms with Crippen LogP contribution in [0.25, 0.3) is 0 Å². The van der Waals surface area contributed by atoms with Gasteiger partial charge in [0.2, 0.25) is 0 Å². The molecule has 0 saturated carbocycles. The van der Waals surface area contributed by atoms with E-state index in [2.05, 4.69) is 21.2 Å². The number of ether oxygens (including phenoxy) is 1. The molecule has 1 heterocycles. The number of hydrogen-bond acceptors (Lipinski definition) is 3. The zero-order valence-electron chi connectivity index (χ0n) is 7.13. The summed E-state index contributed by atoms with van der Waals surface area (Å²) in [4.78, 5) is 0. The first-order valence-corrected chi connectivity index (χ1v) is 7.70. The summed E-state index contributed by atoms with van der Waals surface area (Å²) < 4.78 is 10.5. The van der Waals surface area contributed by atoms with Crippen LogP contribution in [-0.2, 0) is 8.92 Å². The average molecular weight is 302 g/mol. The molecule has 0 unspecified atom stereocenters. The van der Waals surface area contributed by atoms with Crippen LogP contribution in [0.3, 0.4) is 0 Å². The first-order chi connectivity index (χ1) is 5.93. The number of halogens is 1. The molecule has 12 heavy (non-hydrogen) atoms. The second-order valence-electron chi connectivity index (χ2n) is 3.08. The van der Waals surface area contributed by atoms with E-state index < -0.39 is 0 Å². The molecule has 0 atom stereocenters. The largest absolute Gasteiger partial charge is 0.381 e. The lowest BCUT2D eigenvalue weighted by Gasteiger charge is -2.21. The second kappa shape index (κ2) is 7.41. The van der Waals surface area contributed by atoms with Crippen LogP contribution in [0.15, 0.2) is 0 Å². The fourth-order valence-electron chi connectivity index (χ4n) is 1.50. The molecule has 4 heteroatoms. The van der Waals surface area contributed by atoms with Crippen molar-refractivity contribution in [2.24, 2.45) is 5.92 Å². The van der Waals surface area contributed by atoms with Crippen molar-refractivity contribution >= 4 is 30.4 Å². The minimum absolute atomic E-state index is 0.890. The van der Waals surface area contributed by atoms with Gasteiger partial charge in [0.15, 0.2) is 0 Å². The Kier molecular flexibility index (Phi) is 6.84. The Morgan fingerprint density at radius 2 is 2.17 bits per heavy atom. The van der Waals surface area contributed by atoms with Gasteiger partial charge in [0.05, 0.1) is 15.8 Å². The molecular weight excluding hydrogens is 287 g/mol. The lowest BCUT2D eigenvalue weighted by Crippen LogP contribution is -2.15. The van der Waals surface area contributed by atoms with E-state index in [1.54, 1.807) is 0 Å². The van der Waals surface area contributed by atoms with Gasteiger partial charge in [-0.25, -0.2) is 0 Å². The Balaban J connectivity index is 1.91. The third-order valence-electron chi connectivity index (χ3n) is 2.23. The van der Waals surface area contributed by atoms with Crippen molar-refractivity contribution in [3.63, 3.8) is 0 Å². The maximum Gasteiger partial charge on any atom is 0.0650 e. The topological polar surface area (TPSA) is 18.5 Å². The van der Waals surface area contributed by atoms with Crippen molar-refractivity contribution in [3.8, 4) is 0 Å². The van der Waals surface area contributed by atoms with Crippen LogP contribution in [0.1, 0.15) is 25.7 Å². The van der Waals surface area contributed by atoms with Crippen LogP contribution in [0.4, 0.5) is 0 Å². The molecule has 2 nitrogen and oxygen atoms in total. The molecule has 72 valence electrons. The maximum atomic E-state index is 5.29. The van der Waals surface area contributed by atoms with E-state index in [0.717, 1.165) is 25.7 Å². The Bertz CT molecular complexity index is 107. The van der Waals surface area contributed by atoms with Gasteiger partial charge in [0, 0.05) is 34.4 Å². The molecule has 1 aliphatic rings. The molecule has 0 radical (unpaired) electrons. The summed E-state index contributed by atoms with van der Waals surface area (Å²) in [5.74, 6) is 0.890. The van der Waals surface area contributed by atoms with E-state index in [1.165, 1.54) is 34.9 Å². The van der Waals surface area contributed by atoms with Gasteiger partial charge in [-0.05, 0) is 31.6 Å². The number of rotatable bonds is 5. The van der Waals surface area contributed by atoms with Crippen molar-refractivity contribution in [2.75, 3.05) is 19.8 Å². The molecule has 0 aromatic carbocycles. The average Bonchev–Trinajstić information content (AvgIpc) is 2.14. The van der Waals surface area contributed by atoms with Crippen molar-refractivity contribution in [2.45, 2.75) is 25.7 Å². The van der Waals surface area contributed by atoms with Gasteiger partial charge < -0.3 is 8.92 Å². The molecule has 0 aromatic heterocycles. The van der Waals surface area contributed by atoms with E-state index in [0.29, 0.717) is 0 Å². The van der Waals surface area contributed by atoms with Crippen molar-refractivity contribution in [1.29, 1.82) is 0 Å². The van der Waals surface area contributed by atoms with Crippen LogP contribution in [0.2, 0.25) is 0 Å². The maximum absolute atomic E-state index is 5.29. The minimum Gasteiger partial charge on any atom is -0.381 e.